The van der Waals surface area contributed by atoms with Crippen molar-refractivity contribution in [3.63, 3.8) is 0 Å². The number of aromatic amines is 1. The monoisotopic (exact) mass is 293 g/mol. The van der Waals surface area contributed by atoms with E-state index in [4.69, 9.17) is 0 Å². The summed E-state index contributed by atoms with van der Waals surface area (Å²) in [4.78, 5) is 15.4. The Morgan fingerprint density at radius 2 is 1.77 bits per heavy atom. The highest BCUT2D eigenvalue weighted by atomic mass is 16.2. The van der Waals surface area contributed by atoms with Crippen molar-refractivity contribution in [1.29, 1.82) is 0 Å². The van der Waals surface area contributed by atoms with E-state index in [0.29, 0.717) is 13.0 Å². The van der Waals surface area contributed by atoms with Crippen molar-refractivity contribution < 1.29 is 4.79 Å². The van der Waals surface area contributed by atoms with Crippen LogP contribution in [0.15, 0.2) is 54.6 Å². The van der Waals surface area contributed by atoms with Gasteiger partial charge in [0, 0.05) is 23.1 Å². The Morgan fingerprint density at radius 3 is 2.59 bits per heavy atom. The van der Waals surface area contributed by atoms with Crippen molar-refractivity contribution in [3.8, 4) is 0 Å². The molecule has 0 aliphatic heterocycles. The summed E-state index contributed by atoms with van der Waals surface area (Å²) in [7, 11) is 0. The lowest BCUT2D eigenvalue weighted by atomic mass is 10.1. The Labute approximate surface area is 129 Å². The molecule has 22 heavy (non-hydrogen) atoms. The third-order valence-corrected chi connectivity index (χ3v) is 3.73. The van der Waals surface area contributed by atoms with E-state index >= 15 is 0 Å². The molecular weight excluding hydrogens is 274 g/mol. The fraction of sp³-hybridized carbons (Fsp3) is 0.167. The van der Waals surface area contributed by atoms with E-state index in [-0.39, 0.29) is 5.91 Å². The number of nitrogens with one attached hydrogen (secondary N) is 3. The van der Waals surface area contributed by atoms with Gasteiger partial charge in [-0.15, -0.1) is 0 Å². The zero-order chi connectivity index (χ0) is 15.4. The quantitative estimate of drug-likeness (QED) is 0.634. The maximum atomic E-state index is 12.1. The van der Waals surface area contributed by atoms with E-state index in [1.165, 1.54) is 0 Å². The number of carbonyl (C=O) groups excluding carboxylic acids is 1. The molecule has 0 unspecified atom stereocenters. The second kappa shape index (κ2) is 6.45. The van der Waals surface area contributed by atoms with Crippen molar-refractivity contribution in [1.82, 2.24) is 15.8 Å². The fourth-order valence-corrected chi connectivity index (χ4v) is 2.61. The van der Waals surface area contributed by atoms with Crippen molar-refractivity contribution >= 4 is 16.8 Å². The number of aryl methyl sites for hydroxylation is 1. The van der Waals surface area contributed by atoms with Crippen LogP contribution in [-0.4, -0.2) is 10.9 Å². The minimum atomic E-state index is -0.0382. The Balaban J connectivity index is 1.60. The summed E-state index contributed by atoms with van der Waals surface area (Å²) in [6, 6.07) is 18.0. The molecule has 1 heterocycles. The van der Waals surface area contributed by atoms with Crippen molar-refractivity contribution in [2.24, 2.45) is 0 Å². The van der Waals surface area contributed by atoms with Crippen LogP contribution in [0.1, 0.15) is 16.8 Å². The third kappa shape index (κ3) is 3.18. The lowest BCUT2D eigenvalue weighted by molar-refractivity contribution is -0.121. The SMILES string of the molecule is Cc1[nH]c2ccccc2c1CC(=O)NNCc1ccccc1. The maximum absolute atomic E-state index is 12.1. The van der Waals surface area contributed by atoms with Gasteiger partial charge in [0.1, 0.15) is 0 Å². The molecule has 0 atom stereocenters. The van der Waals surface area contributed by atoms with Crippen LogP contribution >= 0.6 is 0 Å². The minimum absolute atomic E-state index is 0.0382. The number of H-pyrrole nitrogens is 1. The normalized spacial score (nSPS) is 10.8. The first-order valence-electron chi connectivity index (χ1n) is 7.36. The topological polar surface area (TPSA) is 56.9 Å². The van der Waals surface area contributed by atoms with Gasteiger partial charge in [-0.2, -0.15) is 0 Å². The average Bonchev–Trinajstić information content (AvgIpc) is 2.84. The van der Waals surface area contributed by atoms with E-state index in [1.807, 2.05) is 61.5 Å². The number of carbonyl (C=O) groups is 1. The molecule has 0 fully saturated rings. The highest BCUT2D eigenvalue weighted by molar-refractivity contribution is 5.89. The van der Waals surface area contributed by atoms with Gasteiger partial charge in [-0.3, -0.25) is 10.2 Å². The molecule has 0 aliphatic rings. The van der Waals surface area contributed by atoms with Crippen LogP contribution in [0.5, 0.6) is 0 Å². The average molecular weight is 293 g/mol. The number of rotatable bonds is 5. The lowest BCUT2D eigenvalue weighted by Crippen LogP contribution is -2.37. The van der Waals surface area contributed by atoms with Crippen molar-refractivity contribution in [2.45, 2.75) is 19.9 Å². The molecule has 3 rings (SSSR count). The first kappa shape index (κ1) is 14.4. The number of benzene rings is 2. The predicted molar refractivity (Wildman–Crippen MR) is 88.2 cm³/mol. The molecule has 1 aromatic heterocycles. The molecule has 0 spiro atoms. The number of hydrogen-bond donors (Lipinski definition) is 3. The molecule has 0 aliphatic carbocycles. The van der Waals surface area contributed by atoms with Crippen molar-refractivity contribution in [3.05, 3.63) is 71.4 Å². The van der Waals surface area contributed by atoms with Gasteiger partial charge >= 0.3 is 0 Å². The summed E-state index contributed by atoms with van der Waals surface area (Å²) >= 11 is 0. The summed E-state index contributed by atoms with van der Waals surface area (Å²) in [5.74, 6) is -0.0382. The summed E-state index contributed by atoms with van der Waals surface area (Å²) in [5, 5.41) is 1.11. The molecule has 0 bridgehead atoms. The summed E-state index contributed by atoms with van der Waals surface area (Å²) in [5.41, 5.74) is 10.0. The molecule has 4 heteroatoms. The predicted octanol–water partition coefficient (Wildman–Crippen LogP) is 2.84. The minimum Gasteiger partial charge on any atom is -0.358 e. The summed E-state index contributed by atoms with van der Waals surface area (Å²) in [6.07, 6.45) is 0.359. The largest absolute Gasteiger partial charge is 0.358 e. The first-order valence-corrected chi connectivity index (χ1v) is 7.36. The molecular formula is C18H19N3O. The van der Waals surface area contributed by atoms with E-state index < -0.39 is 0 Å². The van der Waals surface area contributed by atoms with Gasteiger partial charge in [-0.05, 0) is 24.1 Å². The van der Waals surface area contributed by atoms with Crippen LogP contribution in [-0.2, 0) is 17.8 Å². The van der Waals surface area contributed by atoms with Gasteiger partial charge in [0.15, 0.2) is 0 Å². The molecule has 3 N–H and O–H groups in total. The van der Waals surface area contributed by atoms with Crippen LogP contribution in [0.4, 0.5) is 0 Å². The Morgan fingerprint density at radius 1 is 1.05 bits per heavy atom. The summed E-state index contributed by atoms with van der Waals surface area (Å²) < 4.78 is 0. The number of hydrazine groups is 1. The molecule has 2 aromatic carbocycles. The first-order chi connectivity index (χ1) is 10.7. The van der Waals surface area contributed by atoms with Gasteiger partial charge in [0.05, 0.1) is 6.42 Å². The highest BCUT2D eigenvalue weighted by Gasteiger charge is 2.11. The van der Waals surface area contributed by atoms with E-state index in [1.54, 1.807) is 0 Å². The molecule has 3 aromatic rings. The highest BCUT2D eigenvalue weighted by Crippen LogP contribution is 2.22. The molecule has 1 amide bonds. The molecule has 4 nitrogen and oxygen atoms in total. The number of para-hydroxylation sites is 1. The van der Waals surface area contributed by atoms with Crippen LogP contribution in [0.25, 0.3) is 10.9 Å². The molecule has 0 saturated heterocycles. The van der Waals surface area contributed by atoms with Crippen LogP contribution in [0.2, 0.25) is 0 Å². The van der Waals surface area contributed by atoms with Gasteiger partial charge in [-0.1, -0.05) is 48.5 Å². The Hall–Kier alpha value is -2.59. The molecule has 0 saturated carbocycles. The number of hydrogen-bond acceptors (Lipinski definition) is 2. The van der Waals surface area contributed by atoms with E-state index in [2.05, 4.69) is 15.8 Å². The van der Waals surface area contributed by atoms with Gasteiger partial charge in [-0.25, -0.2) is 5.43 Å². The van der Waals surface area contributed by atoms with E-state index in [0.717, 1.165) is 27.7 Å². The van der Waals surface area contributed by atoms with Crippen molar-refractivity contribution in [2.75, 3.05) is 0 Å². The van der Waals surface area contributed by atoms with E-state index in [9.17, 15) is 4.79 Å². The van der Waals surface area contributed by atoms with Gasteiger partial charge in [0.2, 0.25) is 5.91 Å². The smallest absolute Gasteiger partial charge is 0.238 e. The van der Waals surface area contributed by atoms with Gasteiger partial charge < -0.3 is 4.98 Å². The number of aromatic nitrogens is 1. The second-order valence-electron chi connectivity index (χ2n) is 5.34. The Kier molecular flexibility index (Phi) is 4.21. The molecule has 112 valence electrons. The number of fused-ring (bicyclic) bond motifs is 1. The van der Waals surface area contributed by atoms with Crippen LogP contribution < -0.4 is 10.9 Å². The third-order valence-electron chi connectivity index (χ3n) is 3.73. The maximum Gasteiger partial charge on any atom is 0.238 e. The summed E-state index contributed by atoms with van der Waals surface area (Å²) in [6.45, 7) is 2.61. The van der Waals surface area contributed by atoms with Crippen LogP contribution in [0.3, 0.4) is 0 Å². The van der Waals surface area contributed by atoms with Gasteiger partial charge in [0.25, 0.3) is 0 Å². The zero-order valence-electron chi connectivity index (χ0n) is 12.5. The number of amides is 1. The lowest BCUT2D eigenvalue weighted by Gasteiger charge is -2.07. The second-order valence-corrected chi connectivity index (χ2v) is 5.34. The molecule has 0 radical (unpaired) electrons. The fourth-order valence-electron chi connectivity index (χ4n) is 2.61. The van der Waals surface area contributed by atoms with Crippen LogP contribution in [0, 0.1) is 6.92 Å². The standard InChI is InChI=1S/C18H19N3O/c1-13-16(15-9-5-6-10-17(15)20-13)11-18(22)21-19-12-14-7-3-2-4-8-14/h2-10,19-20H,11-12H2,1H3,(H,21,22). The zero-order valence-corrected chi connectivity index (χ0v) is 12.5. The Bertz CT molecular complexity index is 777.